The summed E-state index contributed by atoms with van der Waals surface area (Å²) in [6.45, 7) is 8.37. The normalized spacial score (nSPS) is 11.5. The van der Waals surface area contributed by atoms with Gasteiger partial charge in [-0.1, -0.05) is 43.6 Å². The molecule has 1 aromatic carbocycles. The largest absolute Gasteiger partial charge is 0.359 e. The first-order chi connectivity index (χ1) is 7.95. The molecule has 17 heavy (non-hydrogen) atoms. The summed E-state index contributed by atoms with van der Waals surface area (Å²) in [5.41, 5.74) is 2.25. The molecule has 2 aromatic rings. The molecule has 3 heteroatoms. The van der Waals surface area contributed by atoms with Gasteiger partial charge in [-0.25, -0.2) is 0 Å². The molecule has 0 fully saturated rings. The predicted octanol–water partition coefficient (Wildman–Crippen LogP) is 4.02. The molecule has 3 nitrogen and oxygen atoms in total. The summed E-state index contributed by atoms with van der Waals surface area (Å²) in [6, 6.07) is 10.1. The number of hydrogen-bond acceptors (Lipinski definition) is 3. The summed E-state index contributed by atoms with van der Waals surface area (Å²) in [5, 5.41) is 7.23. The molecule has 0 aliphatic heterocycles. The molecule has 1 aromatic heterocycles. The van der Waals surface area contributed by atoms with Gasteiger partial charge in [-0.3, -0.25) is 0 Å². The first-order valence-corrected chi connectivity index (χ1v) is 5.76. The summed E-state index contributed by atoms with van der Waals surface area (Å²) in [6.07, 6.45) is 0. The number of aryl methyl sites for hydroxylation is 1. The minimum atomic E-state index is -0.0137. The third kappa shape index (κ3) is 2.87. The molecule has 0 aliphatic rings. The molecule has 0 bridgehead atoms. The van der Waals surface area contributed by atoms with Gasteiger partial charge in [-0.15, -0.1) is 0 Å². The quantitative estimate of drug-likeness (QED) is 0.846. The Bertz CT molecular complexity index is 492. The van der Waals surface area contributed by atoms with E-state index in [1.54, 1.807) is 0 Å². The highest BCUT2D eigenvalue weighted by atomic mass is 16.5. The maximum atomic E-state index is 5.31. The average molecular weight is 230 g/mol. The number of hydrogen-bond donors (Lipinski definition) is 1. The van der Waals surface area contributed by atoms with E-state index in [9.17, 15) is 0 Å². The molecule has 90 valence electrons. The van der Waals surface area contributed by atoms with E-state index in [1.807, 2.05) is 18.2 Å². The van der Waals surface area contributed by atoms with E-state index in [2.05, 4.69) is 50.3 Å². The van der Waals surface area contributed by atoms with Crippen LogP contribution in [0.15, 0.2) is 34.9 Å². The summed E-state index contributed by atoms with van der Waals surface area (Å²) < 4.78 is 5.31. The molecule has 0 saturated carbocycles. The van der Waals surface area contributed by atoms with Crippen molar-refractivity contribution in [3.63, 3.8) is 0 Å². The van der Waals surface area contributed by atoms with Crippen LogP contribution in [-0.2, 0) is 5.41 Å². The summed E-state index contributed by atoms with van der Waals surface area (Å²) in [4.78, 5) is 0. The van der Waals surface area contributed by atoms with Gasteiger partial charge in [-0.05, 0) is 19.1 Å². The van der Waals surface area contributed by atoms with Crippen LogP contribution in [0.25, 0.3) is 0 Å². The van der Waals surface area contributed by atoms with E-state index in [1.165, 1.54) is 5.56 Å². The Kier molecular flexibility index (Phi) is 2.92. The molecule has 0 unspecified atom stereocenters. The van der Waals surface area contributed by atoms with Gasteiger partial charge < -0.3 is 9.84 Å². The number of rotatable bonds is 2. The smallest absolute Gasteiger partial charge is 0.174 e. The second kappa shape index (κ2) is 4.24. The molecular formula is C14H18N2O. The zero-order chi connectivity index (χ0) is 12.5. The number of nitrogens with zero attached hydrogens (tertiary/aromatic N) is 1. The van der Waals surface area contributed by atoms with Gasteiger partial charge in [0.25, 0.3) is 0 Å². The third-order valence-corrected chi connectivity index (χ3v) is 2.57. The lowest BCUT2D eigenvalue weighted by atomic mass is 9.93. The Morgan fingerprint density at radius 3 is 2.29 bits per heavy atom. The van der Waals surface area contributed by atoms with Gasteiger partial charge in [0.15, 0.2) is 5.82 Å². The molecule has 0 radical (unpaired) electrons. The van der Waals surface area contributed by atoms with Crippen molar-refractivity contribution in [1.29, 1.82) is 0 Å². The number of aromatic nitrogens is 1. The molecule has 0 amide bonds. The summed E-state index contributed by atoms with van der Waals surface area (Å²) >= 11 is 0. The van der Waals surface area contributed by atoms with Crippen LogP contribution in [0.2, 0.25) is 0 Å². The van der Waals surface area contributed by atoms with Crippen LogP contribution in [0, 0.1) is 6.92 Å². The third-order valence-electron chi connectivity index (χ3n) is 2.57. The summed E-state index contributed by atoms with van der Waals surface area (Å²) in [7, 11) is 0. The average Bonchev–Trinajstić information content (AvgIpc) is 2.69. The van der Waals surface area contributed by atoms with Crippen molar-refractivity contribution < 1.29 is 4.52 Å². The number of nitrogens with one attached hydrogen (secondary N) is 1. The Labute approximate surface area is 102 Å². The fourth-order valence-corrected chi connectivity index (χ4v) is 1.47. The second-order valence-electron chi connectivity index (χ2n) is 5.32. The molecule has 1 heterocycles. The van der Waals surface area contributed by atoms with Crippen LogP contribution in [0.4, 0.5) is 11.5 Å². The van der Waals surface area contributed by atoms with Gasteiger partial charge >= 0.3 is 0 Å². The van der Waals surface area contributed by atoms with Crippen molar-refractivity contribution >= 4 is 11.5 Å². The zero-order valence-electron chi connectivity index (χ0n) is 10.7. The minimum Gasteiger partial charge on any atom is -0.359 e. The van der Waals surface area contributed by atoms with E-state index in [0.717, 1.165) is 17.3 Å². The second-order valence-corrected chi connectivity index (χ2v) is 5.32. The Hall–Kier alpha value is -1.77. The monoisotopic (exact) mass is 230 g/mol. The highest BCUT2D eigenvalue weighted by Crippen LogP contribution is 2.25. The van der Waals surface area contributed by atoms with E-state index < -0.39 is 0 Å². The van der Waals surface area contributed by atoms with Gasteiger partial charge in [0.05, 0.1) is 0 Å². The Balaban J connectivity index is 2.14. The maximum Gasteiger partial charge on any atom is 0.174 e. The molecule has 0 atom stereocenters. The highest BCUT2D eigenvalue weighted by molar-refractivity contribution is 5.56. The topological polar surface area (TPSA) is 38.1 Å². The molecule has 1 N–H and O–H groups in total. The van der Waals surface area contributed by atoms with Crippen LogP contribution in [0.5, 0.6) is 0 Å². The summed E-state index contributed by atoms with van der Waals surface area (Å²) in [5.74, 6) is 1.63. The molecule has 0 spiro atoms. The van der Waals surface area contributed by atoms with Crippen LogP contribution in [0.3, 0.4) is 0 Å². The van der Waals surface area contributed by atoms with Crippen LogP contribution >= 0.6 is 0 Å². The predicted molar refractivity (Wildman–Crippen MR) is 69.7 cm³/mol. The molecule has 0 aliphatic carbocycles. The van der Waals surface area contributed by atoms with E-state index >= 15 is 0 Å². The van der Waals surface area contributed by atoms with Crippen molar-refractivity contribution in [1.82, 2.24) is 5.16 Å². The zero-order valence-corrected chi connectivity index (χ0v) is 10.7. The van der Waals surface area contributed by atoms with E-state index in [4.69, 9.17) is 4.52 Å². The van der Waals surface area contributed by atoms with Crippen LogP contribution in [-0.4, -0.2) is 5.16 Å². The first-order valence-electron chi connectivity index (χ1n) is 5.76. The van der Waals surface area contributed by atoms with E-state index in [-0.39, 0.29) is 5.41 Å². The maximum absolute atomic E-state index is 5.31. The van der Waals surface area contributed by atoms with Crippen molar-refractivity contribution in [2.24, 2.45) is 0 Å². The Morgan fingerprint density at radius 2 is 1.76 bits per heavy atom. The van der Waals surface area contributed by atoms with Crippen LogP contribution in [0.1, 0.15) is 32.1 Å². The van der Waals surface area contributed by atoms with Crippen molar-refractivity contribution in [3.05, 3.63) is 41.7 Å². The lowest BCUT2D eigenvalue weighted by molar-refractivity contribution is 0.331. The van der Waals surface area contributed by atoms with Crippen molar-refractivity contribution in [3.8, 4) is 0 Å². The van der Waals surface area contributed by atoms with E-state index in [0.29, 0.717) is 0 Å². The van der Waals surface area contributed by atoms with Crippen molar-refractivity contribution in [2.75, 3.05) is 5.32 Å². The highest BCUT2D eigenvalue weighted by Gasteiger charge is 2.19. The van der Waals surface area contributed by atoms with Crippen molar-refractivity contribution in [2.45, 2.75) is 33.1 Å². The molecular weight excluding hydrogens is 212 g/mol. The lowest BCUT2D eigenvalue weighted by Gasteiger charge is -2.12. The SMILES string of the molecule is Cc1ccc(Nc2cc(C(C)(C)C)on2)cc1. The number of anilines is 2. The first kappa shape index (κ1) is 11.7. The minimum absolute atomic E-state index is 0.0137. The fourth-order valence-electron chi connectivity index (χ4n) is 1.47. The van der Waals surface area contributed by atoms with Gasteiger partial charge in [-0.2, -0.15) is 0 Å². The lowest BCUT2D eigenvalue weighted by Crippen LogP contribution is -2.09. The van der Waals surface area contributed by atoms with Gasteiger partial charge in [0.2, 0.25) is 0 Å². The molecule has 0 saturated heterocycles. The van der Waals surface area contributed by atoms with Gasteiger partial charge in [0.1, 0.15) is 5.76 Å². The number of benzene rings is 1. The van der Waals surface area contributed by atoms with Crippen LogP contribution < -0.4 is 5.32 Å². The fraction of sp³-hybridized carbons (Fsp3) is 0.357. The van der Waals surface area contributed by atoms with Gasteiger partial charge in [0, 0.05) is 17.2 Å². The standard InChI is InChI=1S/C14H18N2O/c1-10-5-7-11(8-6-10)15-13-9-12(17-16-13)14(2,3)4/h5-9H,1-4H3,(H,15,16). The molecule has 2 rings (SSSR count). The Morgan fingerprint density at radius 1 is 1.12 bits per heavy atom.